The van der Waals surface area contributed by atoms with Gasteiger partial charge in [0.05, 0.1) is 6.04 Å². The summed E-state index contributed by atoms with van der Waals surface area (Å²) in [6.07, 6.45) is 0. The van der Waals surface area contributed by atoms with Gasteiger partial charge in [0.2, 0.25) is 6.79 Å². The Bertz CT molecular complexity index is 701. The second-order valence-corrected chi connectivity index (χ2v) is 5.86. The number of hydrogen-bond donors (Lipinski definition) is 1. The van der Waals surface area contributed by atoms with Crippen molar-refractivity contribution in [2.75, 3.05) is 33.0 Å². The second-order valence-electron chi connectivity index (χ2n) is 5.86. The second kappa shape index (κ2) is 6.18. The van der Waals surface area contributed by atoms with Crippen molar-refractivity contribution in [1.82, 2.24) is 10.2 Å². The van der Waals surface area contributed by atoms with E-state index in [0.29, 0.717) is 0 Å². The Labute approximate surface area is 134 Å². The number of ether oxygens (including phenoxy) is 2. The molecule has 2 aliphatic heterocycles. The molecule has 2 aliphatic rings. The molecule has 1 unspecified atom stereocenters. The van der Waals surface area contributed by atoms with Gasteiger partial charge in [0, 0.05) is 26.2 Å². The van der Waals surface area contributed by atoms with Gasteiger partial charge in [-0.1, -0.05) is 18.2 Å². The molecule has 1 atom stereocenters. The summed E-state index contributed by atoms with van der Waals surface area (Å²) >= 11 is 0. The molecule has 1 N–H and O–H groups in total. The monoisotopic (exact) mass is 314 g/mol. The molecule has 23 heavy (non-hydrogen) atoms. The van der Waals surface area contributed by atoms with Gasteiger partial charge in [-0.25, -0.2) is 4.39 Å². The first kappa shape index (κ1) is 14.5. The molecule has 5 heteroatoms. The highest BCUT2D eigenvalue weighted by atomic mass is 19.1. The van der Waals surface area contributed by atoms with Crippen LogP contribution in [0.25, 0.3) is 0 Å². The topological polar surface area (TPSA) is 33.7 Å². The van der Waals surface area contributed by atoms with Gasteiger partial charge in [0.15, 0.2) is 11.5 Å². The molecule has 4 nitrogen and oxygen atoms in total. The van der Waals surface area contributed by atoms with Crippen molar-refractivity contribution in [3.63, 3.8) is 0 Å². The van der Waals surface area contributed by atoms with Crippen LogP contribution in [0.2, 0.25) is 0 Å². The van der Waals surface area contributed by atoms with E-state index in [2.05, 4.69) is 10.2 Å². The van der Waals surface area contributed by atoms with Crippen LogP contribution < -0.4 is 14.8 Å². The first-order valence-corrected chi connectivity index (χ1v) is 7.91. The van der Waals surface area contributed by atoms with Gasteiger partial charge >= 0.3 is 0 Å². The van der Waals surface area contributed by atoms with Crippen LogP contribution in [0.3, 0.4) is 0 Å². The van der Waals surface area contributed by atoms with Crippen molar-refractivity contribution in [2.45, 2.75) is 6.04 Å². The number of benzene rings is 2. The molecule has 2 heterocycles. The Hall–Kier alpha value is -2.11. The average molecular weight is 314 g/mol. The highest BCUT2D eigenvalue weighted by Crippen LogP contribution is 2.37. The number of piperazine rings is 1. The summed E-state index contributed by atoms with van der Waals surface area (Å²) in [6, 6.07) is 12.9. The van der Waals surface area contributed by atoms with Gasteiger partial charge in [-0.2, -0.15) is 0 Å². The van der Waals surface area contributed by atoms with Crippen LogP contribution in [0.4, 0.5) is 4.39 Å². The Morgan fingerprint density at radius 2 is 1.74 bits per heavy atom. The van der Waals surface area contributed by atoms with E-state index < -0.39 is 0 Å². The molecule has 120 valence electrons. The normalized spacial score (nSPS) is 18.8. The minimum absolute atomic E-state index is 0.0160. The van der Waals surface area contributed by atoms with Crippen LogP contribution in [0.15, 0.2) is 42.5 Å². The van der Waals surface area contributed by atoms with E-state index in [-0.39, 0.29) is 18.7 Å². The summed E-state index contributed by atoms with van der Waals surface area (Å²) in [4.78, 5) is 2.38. The lowest BCUT2D eigenvalue weighted by molar-refractivity contribution is 0.173. The molecule has 0 radical (unpaired) electrons. The largest absolute Gasteiger partial charge is 0.454 e. The first-order valence-electron chi connectivity index (χ1n) is 7.91. The highest BCUT2D eigenvalue weighted by molar-refractivity contribution is 5.47. The molecule has 1 saturated heterocycles. The van der Waals surface area contributed by atoms with Crippen molar-refractivity contribution in [2.24, 2.45) is 0 Å². The maximum Gasteiger partial charge on any atom is 0.231 e. The molecule has 1 fully saturated rings. The summed E-state index contributed by atoms with van der Waals surface area (Å²) < 4.78 is 24.7. The Balaban J connectivity index is 1.75. The van der Waals surface area contributed by atoms with E-state index in [0.717, 1.165) is 48.8 Å². The quantitative estimate of drug-likeness (QED) is 0.944. The van der Waals surface area contributed by atoms with Gasteiger partial charge in [0.1, 0.15) is 5.82 Å². The van der Waals surface area contributed by atoms with Gasteiger partial charge in [0.25, 0.3) is 0 Å². The van der Waals surface area contributed by atoms with Crippen LogP contribution in [-0.2, 0) is 0 Å². The standard InChI is InChI=1S/C18H19FN2O2/c19-15-3-1-2-13(10-15)18(21-8-6-20-7-9-21)14-4-5-16-17(11-14)23-12-22-16/h1-5,10-11,18,20H,6-9,12H2. The van der Waals surface area contributed by atoms with Crippen molar-refractivity contribution < 1.29 is 13.9 Å². The Kier molecular flexibility index (Phi) is 3.89. The van der Waals surface area contributed by atoms with E-state index >= 15 is 0 Å². The van der Waals surface area contributed by atoms with E-state index in [4.69, 9.17) is 9.47 Å². The third-order valence-corrected chi connectivity index (χ3v) is 4.39. The van der Waals surface area contributed by atoms with Crippen LogP contribution in [0.5, 0.6) is 11.5 Å². The number of nitrogens with one attached hydrogen (secondary N) is 1. The van der Waals surface area contributed by atoms with Crippen LogP contribution in [0.1, 0.15) is 17.2 Å². The van der Waals surface area contributed by atoms with Gasteiger partial charge < -0.3 is 14.8 Å². The summed E-state index contributed by atoms with van der Waals surface area (Å²) in [6.45, 7) is 4.00. The first-order chi connectivity index (χ1) is 11.3. The molecule has 0 bridgehead atoms. The van der Waals surface area contributed by atoms with Crippen molar-refractivity contribution in [1.29, 1.82) is 0 Å². The SMILES string of the molecule is Fc1cccc(C(c2ccc3c(c2)OCO3)N2CCNCC2)c1. The zero-order chi connectivity index (χ0) is 15.6. The molecule has 2 aromatic rings. The number of nitrogens with zero attached hydrogens (tertiary/aromatic N) is 1. The highest BCUT2D eigenvalue weighted by Gasteiger charge is 2.26. The molecule has 0 aromatic heterocycles. The van der Waals surface area contributed by atoms with Crippen molar-refractivity contribution in [3.8, 4) is 11.5 Å². The zero-order valence-electron chi connectivity index (χ0n) is 12.8. The number of hydrogen-bond acceptors (Lipinski definition) is 4. The fraction of sp³-hybridized carbons (Fsp3) is 0.333. The van der Waals surface area contributed by atoms with Gasteiger partial charge in [-0.15, -0.1) is 0 Å². The minimum atomic E-state index is -0.205. The molecule has 4 rings (SSSR count). The average Bonchev–Trinajstić information content (AvgIpc) is 3.04. The number of rotatable bonds is 3. The summed E-state index contributed by atoms with van der Waals surface area (Å²) in [5.74, 6) is 1.33. The van der Waals surface area contributed by atoms with Gasteiger partial charge in [-0.3, -0.25) is 4.90 Å². The molecule has 0 saturated carbocycles. The smallest absolute Gasteiger partial charge is 0.231 e. The van der Waals surface area contributed by atoms with E-state index in [9.17, 15) is 4.39 Å². The fourth-order valence-corrected chi connectivity index (χ4v) is 3.31. The van der Waals surface area contributed by atoms with E-state index in [1.807, 2.05) is 24.3 Å². The zero-order valence-corrected chi connectivity index (χ0v) is 12.8. The predicted octanol–water partition coefficient (Wildman–Crippen LogP) is 2.55. The van der Waals surface area contributed by atoms with Crippen molar-refractivity contribution in [3.05, 3.63) is 59.4 Å². The third-order valence-electron chi connectivity index (χ3n) is 4.39. The predicted molar refractivity (Wildman–Crippen MR) is 85.3 cm³/mol. The lowest BCUT2D eigenvalue weighted by atomic mass is 9.96. The summed E-state index contributed by atoms with van der Waals surface area (Å²) in [7, 11) is 0. The van der Waals surface area contributed by atoms with Crippen LogP contribution in [0, 0.1) is 5.82 Å². The van der Waals surface area contributed by atoms with Crippen LogP contribution in [-0.4, -0.2) is 37.9 Å². The summed E-state index contributed by atoms with van der Waals surface area (Å²) in [5, 5.41) is 3.37. The maximum absolute atomic E-state index is 13.8. The molecule has 0 aliphatic carbocycles. The van der Waals surface area contributed by atoms with Gasteiger partial charge in [-0.05, 0) is 35.4 Å². The molecular weight excluding hydrogens is 295 g/mol. The number of fused-ring (bicyclic) bond motifs is 1. The third kappa shape index (κ3) is 2.90. The Morgan fingerprint density at radius 1 is 0.957 bits per heavy atom. The fourth-order valence-electron chi connectivity index (χ4n) is 3.31. The Morgan fingerprint density at radius 3 is 2.57 bits per heavy atom. The molecule has 0 amide bonds. The number of halogens is 1. The molecule has 2 aromatic carbocycles. The van der Waals surface area contributed by atoms with Crippen LogP contribution >= 0.6 is 0 Å². The van der Waals surface area contributed by atoms with E-state index in [1.165, 1.54) is 6.07 Å². The van der Waals surface area contributed by atoms with E-state index in [1.54, 1.807) is 12.1 Å². The lowest BCUT2D eigenvalue weighted by Crippen LogP contribution is -2.45. The molecule has 0 spiro atoms. The minimum Gasteiger partial charge on any atom is -0.454 e. The van der Waals surface area contributed by atoms with Crippen molar-refractivity contribution >= 4 is 0 Å². The lowest BCUT2D eigenvalue weighted by Gasteiger charge is -2.35. The molecular formula is C18H19FN2O2. The summed E-state index contributed by atoms with van der Waals surface area (Å²) in [5.41, 5.74) is 2.06. The maximum atomic E-state index is 13.8.